The van der Waals surface area contributed by atoms with Gasteiger partial charge in [0.2, 0.25) is 5.79 Å². The first-order valence-corrected chi connectivity index (χ1v) is 7.45. The van der Waals surface area contributed by atoms with Gasteiger partial charge in [-0.15, -0.1) is 0 Å². The smallest absolute Gasteiger partial charge is 0.286 e. The van der Waals surface area contributed by atoms with Crippen LogP contribution >= 0.6 is 0 Å². The number of rotatable bonds is 6. The zero-order valence-electron chi connectivity index (χ0n) is 13.0. The molecule has 0 aromatic carbocycles. The molecule has 0 radical (unpaired) electrons. The molecule has 0 unspecified atom stereocenters. The van der Waals surface area contributed by atoms with Crippen molar-refractivity contribution < 1.29 is 54.7 Å². The molecule has 12 heteroatoms. The number of aliphatic hydroxyl groups is 7. The Kier molecular flexibility index (Phi) is 6.51. The maximum atomic E-state index is 10.2. The second kappa shape index (κ2) is 8.06. The molecule has 0 spiro atoms. The van der Waals surface area contributed by atoms with Crippen LogP contribution in [0.5, 0.6) is 0 Å². The highest BCUT2D eigenvalue weighted by Crippen LogP contribution is 2.36. The predicted octanol–water partition coefficient (Wildman–Crippen LogP) is -4.89. The van der Waals surface area contributed by atoms with E-state index < -0.39 is 74.6 Å². The van der Waals surface area contributed by atoms with Crippen molar-refractivity contribution in [2.24, 2.45) is 0 Å². The Morgan fingerprint density at radius 2 is 1.56 bits per heavy atom. The van der Waals surface area contributed by atoms with Crippen LogP contribution < -0.4 is 0 Å². The quantitative estimate of drug-likeness (QED) is 0.221. The number of nitriles is 1. The minimum absolute atomic E-state index is 0.690. The average molecular weight is 367 g/mol. The van der Waals surface area contributed by atoms with Gasteiger partial charge in [0.15, 0.2) is 12.9 Å². The van der Waals surface area contributed by atoms with Crippen molar-refractivity contribution in [3.63, 3.8) is 0 Å². The molecule has 0 saturated carbocycles. The minimum Gasteiger partial charge on any atom is -0.422 e. The van der Waals surface area contributed by atoms with Crippen molar-refractivity contribution in [3.8, 4) is 6.26 Å². The standard InChI is InChI=1S/C13H21NO11/c14-4-22-3-13(11(21)8(18)6(2-16)24-13)25-12-10(20)9(19)7(17)5(1-15)23-12/h5-12,15-21H,1-3H2/t5-,6-,7-,8-,9+,10-,11+,12-,13+/m1/s1. The molecular formula is C13H21NO11. The molecule has 0 aromatic rings. The Morgan fingerprint density at radius 3 is 2.08 bits per heavy atom. The fraction of sp³-hybridized carbons (Fsp3) is 0.923. The topological polar surface area (TPSA) is 202 Å². The van der Waals surface area contributed by atoms with E-state index in [4.69, 9.17) is 24.6 Å². The van der Waals surface area contributed by atoms with E-state index in [0.29, 0.717) is 0 Å². The van der Waals surface area contributed by atoms with Gasteiger partial charge in [0, 0.05) is 0 Å². The first kappa shape index (κ1) is 20.2. The van der Waals surface area contributed by atoms with Crippen molar-refractivity contribution in [3.05, 3.63) is 0 Å². The van der Waals surface area contributed by atoms with Gasteiger partial charge >= 0.3 is 0 Å². The van der Waals surface area contributed by atoms with Crippen molar-refractivity contribution in [2.45, 2.75) is 54.8 Å². The van der Waals surface area contributed by atoms with Gasteiger partial charge in [-0.25, -0.2) is 0 Å². The van der Waals surface area contributed by atoms with Gasteiger partial charge in [-0.05, 0) is 0 Å². The molecule has 12 nitrogen and oxygen atoms in total. The second-order valence-electron chi connectivity index (χ2n) is 5.78. The van der Waals surface area contributed by atoms with Gasteiger partial charge in [-0.3, -0.25) is 0 Å². The highest BCUT2D eigenvalue weighted by molar-refractivity contribution is 4.99. The van der Waals surface area contributed by atoms with Gasteiger partial charge in [0.25, 0.3) is 6.26 Å². The van der Waals surface area contributed by atoms with E-state index in [0.717, 1.165) is 0 Å². The average Bonchev–Trinajstić information content (AvgIpc) is 2.85. The van der Waals surface area contributed by atoms with Crippen LogP contribution in [0.15, 0.2) is 0 Å². The lowest BCUT2D eigenvalue weighted by Crippen LogP contribution is -2.62. The van der Waals surface area contributed by atoms with Crippen LogP contribution in [0, 0.1) is 11.5 Å². The summed E-state index contributed by atoms with van der Waals surface area (Å²) in [5.41, 5.74) is 0. The Balaban J connectivity index is 2.23. The molecule has 2 aliphatic heterocycles. The third-order valence-corrected chi connectivity index (χ3v) is 4.19. The molecule has 0 amide bonds. The van der Waals surface area contributed by atoms with E-state index in [1.807, 2.05) is 0 Å². The Labute approximate surface area is 142 Å². The maximum Gasteiger partial charge on any atom is 0.286 e. The monoisotopic (exact) mass is 367 g/mol. The summed E-state index contributed by atoms with van der Waals surface area (Å²) in [5.74, 6) is -2.21. The van der Waals surface area contributed by atoms with Crippen LogP contribution in [0.3, 0.4) is 0 Å². The zero-order chi connectivity index (χ0) is 18.8. The van der Waals surface area contributed by atoms with Gasteiger partial charge in [-0.2, -0.15) is 5.26 Å². The molecule has 0 aromatic heterocycles. The normalized spacial score (nSPS) is 47.4. The predicted molar refractivity (Wildman–Crippen MR) is 73.1 cm³/mol. The summed E-state index contributed by atoms with van der Waals surface area (Å²) in [6.45, 7) is -2.13. The van der Waals surface area contributed by atoms with E-state index >= 15 is 0 Å². The number of hydrogen-bond donors (Lipinski definition) is 7. The molecule has 2 rings (SSSR count). The van der Waals surface area contributed by atoms with E-state index in [1.54, 1.807) is 0 Å². The van der Waals surface area contributed by atoms with Crippen LogP contribution in [0.2, 0.25) is 0 Å². The van der Waals surface area contributed by atoms with Crippen molar-refractivity contribution in [1.29, 1.82) is 5.26 Å². The third kappa shape index (κ3) is 3.71. The van der Waals surface area contributed by atoms with Crippen LogP contribution in [0.25, 0.3) is 0 Å². The molecule has 0 aliphatic carbocycles. The molecule has 9 atom stereocenters. The highest BCUT2D eigenvalue weighted by Gasteiger charge is 2.59. The molecule has 7 N–H and O–H groups in total. The fourth-order valence-electron chi connectivity index (χ4n) is 2.75. The zero-order valence-corrected chi connectivity index (χ0v) is 13.0. The largest absolute Gasteiger partial charge is 0.422 e. The summed E-state index contributed by atoms with van der Waals surface area (Å²) in [4.78, 5) is 0. The maximum absolute atomic E-state index is 10.2. The lowest BCUT2D eigenvalue weighted by atomic mass is 9.99. The lowest BCUT2D eigenvalue weighted by Gasteiger charge is -2.43. The molecule has 0 bridgehead atoms. The molecular weight excluding hydrogens is 346 g/mol. The fourth-order valence-corrected chi connectivity index (χ4v) is 2.75. The number of hydrogen-bond acceptors (Lipinski definition) is 12. The summed E-state index contributed by atoms with van der Waals surface area (Å²) in [5, 5.41) is 76.5. The molecule has 144 valence electrons. The van der Waals surface area contributed by atoms with Gasteiger partial charge < -0.3 is 54.7 Å². The van der Waals surface area contributed by atoms with Crippen molar-refractivity contribution in [1.82, 2.24) is 0 Å². The molecule has 2 saturated heterocycles. The van der Waals surface area contributed by atoms with Crippen LogP contribution in [-0.4, -0.2) is 110 Å². The SMILES string of the molecule is N#COC[C@@]1(O[C@H]2O[C@H](CO)[C@@H](O)[C@H](O)[C@H]2O)O[C@H](CO)[C@@H](O)[C@@H]1O. The first-order chi connectivity index (χ1) is 11.8. The van der Waals surface area contributed by atoms with Gasteiger partial charge in [0.1, 0.15) is 42.7 Å². The summed E-state index contributed by atoms with van der Waals surface area (Å²) < 4.78 is 20.3. The van der Waals surface area contributed by atoms with E-state index in [2.05, 4.69) is 4.74 Å². The van der Waals surface area contributed by atoms with E-state index in [9.17, 15) is 30.6 Å². The summed E-state index contributed by atoms with van der Waals surface area (Å²) in [6, 6.07) is 0. The van der Waals surface area contributed by atoms with Gasteiger partial charge in [-0.1, -0.05) is 0 Å². The number of aliphatic hydroxyl groups excluding tert-OH is 7. The van der Waals surface area contributed by atoms with Crippen LogP contribution in [0.1, 0.15) is 0 Å². The summed E-state index contributed by atoms with van der Waals surface area (Å²) in [7, 11) is 0. The van der Waals surface area contributed by atoms with Crippen molar-refractivity contribution in [2.75, 3.05) is 19.8 Å². The van der Waals surface area contributed by atoms with E-state index in [1.165, 1.54) is 6.26 Å². The Bertz CT molecular complexity index is 485. The molecule has 2 fully saturated rings. The Hall–Kier alpha value is -1.11. The van der Waals surface area contributed by atoms with E-state index in [-0.39, 0.29) is 0 Å². The van der Waals surface area contributed by atoms with Crippen LogP contribution in [-0.2, 0) is 18.9 Å². The summed E-state index contributed by atoms with van der Waals surface area (Å²) >= 11 is 0. The van der Waals surface area contributed by atoms with Crippen molar-refractivity contribution >= 4 is 0 Å². The summed E-state index contributed by atoms with van der Waals surface area (Å²) in [6.07, 6.45) is -11.5. The minimum atomic E-state index is -2.21. The number of nitrogens with zero attached hydrogens (tertiary/aromatic N) is 1. The third-order valence-electron chi connectivity index (χ3n) is 4.19. The molecule has 25 heavy (non-hydrogen) atoms. The lowest BCUT2D eigenvalue weighted by molar-refractivity contribution is -0.383. The van der Waals surface area contributed by atoms with Crippen LogP contribution in [0.4, 0.5) is 0 Å². The Morgan fingerprint density at radius 1 is 0.920 bits per heavy atom. The molecule has 2 aliphatic rings. The molecule has 2 heterocycles. The number of ether oxygens (including phenoxy) is 4. The van der Waals surface area contributed by atoms with Gasteiger partial charge in [0.05, 0.1) is 13.2 Å². The highest BCUT2D eigenvalue weighted by atomic mass is 16.8. The second-order valence-corrected chi connectivity index (χ2v) is 5.78. The first-order valence-electron chi connectivity index (χ1n) is 7.45.